The lowest BCUT2D eigenvalue weighted by Gasteiger charge is -2.22. The Morgan fingerprint density at radius 3 is 3.06 bits per heavy atom. The quantitative estimate of drug-likeness (QED) is 0.549. The van der Waals surface area contributed by atoms with Crippen LogP contribution in [-0.4, -0.2) is 37.5 Å². The molecule has 1 saturated heterocycles. The summed E-state index contributed by atoms with van der Waals surface area (Å²) in [5.74, 6) is -0.0283. The van der Waals surface area contributed by atoms with E-state index < -0.39 is 0 Å². The highest BCUT2D eigenvalue weighted by molar-refractivity contribution is 5.84. The van der Waals surface area contributed by atoms with E-state index in [-0.39, 0.29) is 24.4 Å². The van der Waals surface area contributed by atoms with Crippen LogP contribution in [0.2, 0.25) is 0 Å². The number of amides is 2. The number of hydrogen-bond acceptors (Lipinski definition) is 3. The van der Waals surface area contributed by atoms with E-state index in [2.05, 4.69) is 22.9 Å². The fourth-order valence-corrected chi connectivity index (χ4v) is 1.65. The van der Waals surface area contributed by atoms with Gasteiger partial charge in [-0.3, -0.25) is 14.9 Å². The molecular formula is C11H21N3O2. The molecule has 0 saturated carbocycles. The molecule has 1 aliphatic rings. The van der Waals surface area contributed by atoms with E-state index >= 15 is 0 Å². The molecule has 0 aromatic heterocycles. The minimum absolute atomic E-state index is 0.00704. The lowest BCUT2D eigenvalue weighted by atomic mass is 10.1. The Bertz CT molecular complexity index is 243. The Hall–Kier alpha value is -1.10. The average Bonchev–Trinajstić information content (AvgIpc) is 2.28. The predicted octanol–water partition coefficient (Wildman–Crippen LogP) is -0.229. The van der Waals surface area contributed by atoms with Crippen molar-refractivity contribution in [3.8, 4) is 0 Å². The first-order valence-electron chi connectivity index (χ1n) is 6.02. The number of piperidine rings is 1. The highest BCUT2D eigenvalue weighted by Crippen LogP contribution is 2.01. The molecule has 92 valence electrons. The summed E-state index contributed by atoms with van der Waals surface area (Å²) in [4.78, 5) is 22.7. The molecule has 0 spiro atoms. The van der Waals surface area contributed by atoms with Crippen molar-refractivity contribution in [2.24, 2.45) is 0 Å². The van der Waals surface area contributed by atoms with Crippen molar-refractivity contribution in [1.82, 2.24) is 16.0 Å². The van der Waals surface area contributed by atoms with Gasteiger partial charge in [0.05, 0.1) is 12.6 Å². The Morgan fingerprint density at radius 2 is 2.38 bits per heavy atom. The molecule has 1 atom stereocenters. The average molecular weight is 227 g/mol. The molecule has 1 unspecified atom stereocenters. The van der Waals surface area contributed by atoms with Gasteiger partial charge in [-0.2, -0.15) is 0 Å². The first kappa shape index (κ1) is 13.0. The molecule has 1 heterocycles. The summed E-state index contributed by atoms with van der Waals surface area (Å²) in [6.07, 6.45) is 3.85. The van der Waals surface area contributed by atoms with Gasteiger partial charge in [0, 0.05) is 13.1 Å². The van der Waals surface area contributed by atoms with Crippen LogP contribution < -0.4 is 16.0 Å². The third kappa shape index (κ3) is 4.61. The molecule has 1 rings (SSSR count). The van der Waals surface area contributed by atoms with E-state index in [1.54, 1.807) is 0 Å². The molecule has 3 N–H and O–H groups in total. The maximum absolute atomic E-state index is 11.4. The van der Waals surface area contributed by atoms with Crippen LogP contribution in [0.4, 0.5) is 0 Å². The standard InChI is InChI=1S/C11H21N3O2/c1-2-3-6-12-10(15)8-14-9-5-4-7-13-11(9)16/h9,14H,2-8H2,1H3,(H,12,15)(H,13,16). The number of unbranched alkanes of at least 4 members (excludes halogenated alkanes) is 1. The van der Waals surface area contributed by atoms with Gasteiger partial charge in [0.1, 0.15) is 0 Å². The van der Waals surface area contributed by atoms with Gasteiger partial charge in [0.2, 0.25) is 11.8 Å². The van der Waals surface area contributed by atoms with Crippen LogP contribution in [0.25, 0.3) is 0 Å². The summed E-state index contributed by atoms with van der Waals surface area (Å²) in [7, 11) is 0. The van der Waals surface area contributed by atoms with Crippen LogP contribution >= 0.6 is 0 Å². The number of hydrogen-bond donors (Lipinski definition) is 3. The number of carbonyl (C=O) groups is 2. The van der Waals surface area contributed by atoms with Crippen LogP contribution in [-0.2, 0) is 9.59 Å². The summed E-state index contributed by atoms with van der Waals surface area (Å²) in [6, 6.07) is -0.203. The molecule has 2 amide bonds. The zero-order chi connectivity index (χ0) is 11.8. The zero-order valence-corrected chi connectivity index (χ0v) is 9.84. The summed E-state index contributed by atoms with van der Waals surface area (Å²) in [5, 5.41) is 8.55. The second kappa shape index (κ2) is 7.22. The SMILES string of the molecule is CCCCNC(=O)CNC1CCCNC1=O. The van der Waals surface area contributed by atoms with E-state index in [1.165, 1.54) is 0 Å². The smallest absolute Gasteiger partial charge is 0.237 e. The Morgan fingerprint density at radius 1 is 1.56 bits per heavy atom. The monoisotopic (exact) mass is 227 g/mol. The molecule has 1 aliphatic heterocycles. The Kier molecular flexibility index (Phi) is 5.85. The first-order chi connectivity index (χ1) is 7.74. The fourth-order valence-electron chi connectivity index (χ4n) is 1.65. The lowest BCUT2D eigenvalue weighted by Crippen LogP contribution is -2.50. The maximum atomic E-state index is 11.4. The van der Waals surface area contributed by atoms with Crippen LogP contribution in [0, 0.1) is 0 Å². The molecule has 0 radical (unpaired) electrons. The van der Waals surface area contributed by atoms with Crippen molar-refractivity contribution in [2.75, 3.05) is 19.6 Å². The summed E-state index contributed by atoms with van der Waals surface area (Å²) < 4.78 is 0. The third-order valence-electron chi connectivity index (χ3n) is 2.65. The van der Waals surface area contributed by atoms with Gasteiger partial charge in [0.15, 0.2) is 0 Å². The van der Waals surface area contributed by atoms with Gasteiger partial charge in [0.25, 0.3) is 0 Å². The second-order valence-electron chi connectivity index (χ2n) is 4.07. The minimum atomic E-state index is -0.203. The third-order valence-corrected chi connectivity index (χ3v) is 2.65. The van der Waals surface area contributed by atoms with Gasteiger partial charge in [-0.1, -0.05) is 13.3 Å². The highest BCUT2D eigenvalue weighted by Gasteiger charge is 2.21. The predicted molar refractivity (Wildman–Crippen MR) is 62.0 cm³/mol. The van der Waals surface area contributed by atoms with Gasteiger partial charge >= 0.3 is 0 Å². The highest BCUT2D eigenvalue weighted by atomic mass is 16.2. The Balaban J connectivity index is 2.12. The van der Waals surface area contributed by atoms with Crippen molar-refractivity contribution >= 4 is 11.8 Å². The largest absolute Gasteiger partial charge is 0.355 e. The van der Waals surface area contributed by atoms with E-state index in [9.17, 15) is 9.59 Å². The number of carbonyl (C=O) groups excluding carboxylic acids is 2. The van der Waals surface area contributed by atoms with E-state index in [4.69, 9.17) is 0 Å². The van der Waals surface area contributed by atoms with Crippen molar-refractivity contribution in [2.45, 2.75) is 38.6 Å². The second-order valence-corrected chi connectivity index (χ2v) is 4.07. The molecule has 0 aromatic rings. The van der Waals surface area contributed by atoms with Crippen molar-refractivity contribution in [3.05, 3.63) is 0 Å². The summed E-state index contributed by atoms with van der Waals surface area (Å²) in [5.41, 5.74) is 0. The fraction of sp³-hybridized carbons (Fsp3) is 0.818. The zero-order valence-electron chi connectivity index (χ0n) is 9.84. The molecule has 1 fully saturated rings. The van der Waals surface area contributed by atoms with Crippen molar-refractivity contribution in [3.63, 3.8) is 0 Å². The molecule has 16 heavy (non-hydrogen) atoms. The lowest BCUT2D eigenvalue weighted by molar-refractivity contribution is -0.125. The van der Waals surface area contributed by atoms with E-state index in [1.807, 2.05) is 0 Å². The first-order valence-corrected chi connectivity index (χ1v) is 6.02. The van der Waals surface area contributed by atoms with Gasteiger partial charge in [-0.25, -0.2) is 0 Å². The maximum Gasteiger partial charge on any atom is 0.237 e. The molecule has 5 heteroatoms. The van der Waals surface area contributed by atoms with Crippen LogP contribution in [0.3, 0.4) is 0 Å². The van der Waals surface area contributed by atoms with E-state index in [0.29, 0.717) is 6.54 Å². The van der Waals surface area contributed by atoms with Gasteiger partial charge in [-0.15, -0.1) is 0 Å². The molecule has 0 aromatic carbocycles. The molecule has 5 nitrogen and oxygen atoms in total. The molecule has 0 bridgehead atoms. The molecular weight excluding hydrogens is 206 g/mol. The minimum Gasteiger partial charge on any atom is -0.355 e. The van der Waals surface area contributed by atoms with Crippen molar-refractivity contribution < 1.29 is 9.59 Å². The van der Waals surface area contributed by atoms with Gasteiger partial charge in [-0.05, 0) is 19.3 Å². The van der Waals surface area contributed by atoms with Crippen LogP contribution in [0.15, 0.2) is 0 Å². The number of nitrogens with one attached hydrogen (secondary N) is 3. The van der Waals surface area contributed by atoms with Gasteiger partial charge < -0.3 is 10.6 Å². The topological polar surface area (TPSA) is 70.2 Å². The summed E-state index contributed by atoms with van der Waals surface area (Å²) in [6.45, 7) is 3.77. The molecule has 0 aliphatic carbocycles. The van der Waals surface area contributed by atoms with Crippen LogP contribution in [0.1, 0.15) is 32.6 Å². The van der Waals surface area contributed by atoms with E-state index in [0.717, 1.165) is 32.2 Å². The Labute approximate surface area is 96.4 Å². The van der Waals surface area contributed by atoms with Crippen LogP contribution in [0.5, 0.6) is 0 Å². The normalized spacial score (nSPS) is 20.3. The number of rotatable bonds is 6. The summed E-state index contributed by atoms with van der Waals surface area (Å²) >= 11 is 0. The van der Waals surface area contributed by atoms with Crippen molar-refractivity contribution in [1.29, 1.82) is 0 Å².